The van der Waals surface area contributed by atoms with E-state index in [4.69, 9.17) is 23.7 Å². The normalized spacial score (nSPS) is 12.3. The summed E-state index contributed by atoms with van der Waals surface area (Å²) in [6, 6.07) is 7.95. The number of rotatable bonds is 44. The molecule has 1 amide bonds. The maximum absolute atomic E-state index is 13.5. The first kappa shape index (κ1) is 61.4. The predicted octanol–water partition coefficient (Wildman–Crippen LogP) is 14.9. The Labute approximate surface area is 408 Å². The van der Waals surface area contributed by atoms with Crippen LogP contribution in [0.4, 0.5) is 4.79 Å². The highest BCUT2D eigenvalue weighted by Gasteiger charge is 2.28. The second kappa shape index (κ2) is 42.5. The number of benzene rings is 1. The van der Waals surface area contributed by atoms with E-state index in [1.54, 1.807) is 20.8 Å². The van der Waals surface area contributed by atoms with Crippen LogP contribution in [0, 0.1) is 0 Å². The van der Waals surface area contributed by atoms with Crippen molar-refractivity contribution in [2.24, 2.45) is 0 Å². The molecule has 0 aliphatic heterocycles. The Morgan fingerprint density at radius 3 is 1.30 bits per heavy atom. The van der Waals surface area contributed by atoms with Crippen molar-refractivity contribution in [3.05, 3.63) is 35.9 Å². The number of carbonyl (C=O) groups excluding carboxylic acids is 5. The Morgan fingerprint density at radius 1 is 0.478 bits per heavy atom. The van der Waals surface area contributed by atoms with Gasteiger partial charge in [-0.3, -0.25) is 14.4 Å². The van der Waals surface area contributed by atoms with E-state index in [0.717, 1.165) is 44.1 Å². The first-order valence-corrected chi connectivity index (χ1v) is 27.1. The van der Waals surface area contributed by atoms with E-state index in [0.29, 0.717) is 12.8 Å². The third-order valence-corrected chi connectivity index (χ3v) is 12.0. The number of hydrogen-bond acceptors (Lipinski definition) is 10. The summed E-state index contributed by atoms with van der Waals surface area (Å²) in [7, 11) is 0. The second-order valence-electron chi connectivity index (χ2n) is 19.7. The molecule has 11 nitrogen and oxygen atoms in total. The van der Waals surface area contributed by atoms with Crippen LogP contribution >= 0.6 is 0 Å². The lowest BCUT2D eigenvalue weighted by atomic mass is 10.0. The van der Waals surface area contributed by atoms with E-state index in [9.17, 15) is 24.0 Å². The van der Waals surface area contributed by atoms with Crippen molar-refractivity contribution in [1.29, 1.82) is 0 Å². The van der Waals surface area contributed by atoms with Crippen LogP contribution in [0.1, 0.15) is 258 Å². The first-order chi connectivity index (χ1) is 32.4. The van der Waals surface area contributed by atoms with Gasteiger partial charge in [0.2, 0.25) is 0 Å². The molecule has 1 unspecified atom stereocenters. The van der Waals surface area contributed by atoms with Gasteiger partial charge in [0, 0.05) is 19.3 Å². The monoisotopic (exact) mass is 944 g/mol. The fraction of sp³-hybridized carbons (Fsp3) is 0.804. The van der Waals surface area contributed by atoms with Crippen LogP contribution in [-0.2, 0) is 49.5 Å². The molecule has 11 heteroatoms. The van der Waals surface area contributed by atoms with E-state index in [2.05, 4.69) is 19.2 Å². The van der Waals surface area contributed by atoms with Crippen LogP contribution in [0.3, 0.4) is 0 Å². The molecule has 1 aromatic rings. The average molecular weight is 944 g/mol. The summed E-state index contributed by atoms with van der Waals surface area (Å²) in [6.45, 7) is 8.99. The van der Waals surface area contributed by atoms with Gasteiger partial charge in [-0.25, -0.2) is 9.59 Å². The van der Waals surface area contributed by atoms with E-state index in [-0.39, 0.29) is 38.9 Å². The zero-order valence-electron chi connectivity index (χ0n) is 43.3. The molecule has 2 atom stereocenters. The van der Waals surface area contributed by atoms with Gasteiger partial charge in [0.05, 0.1) is 0 Å². The summed E-state index contributed by atoms with van der Waals surface area (Å²) in [6.07, 6.45) is 35.0. The Morgan fingerprint density at radius 2 is 0.866 bits per heavy atom. The zero-order chi connectivity index (χ0) is 49.1. The lowest BCUT2D eigenvalue weighted by Gasteiger charge is -2.24. The van der Waals surface area contributed by atoms with Crippen molar-refractivity contribution >= 4 is 30.0 Å². The van der Waals surface area contributed by atoms with Gasteiger partial charge in [-0.1, -0.05) is 224 Å². The number of ether oxygens (including phenoxy) is 5. The third kappa shape index (κ3) is 40.0. The van der Waals surface area contributed by atoms with Gasteiger partial charge >= 0.3 is 30.0 Å². The van der Waals surface area contributed by atoms with Gasteiger partial charge in [-0.05, 0) is 45.6 Å². The van der Waals surface area contributed by atoms with E-state index < -0.39 is 54.3 Å². The van der Waals surface area contributed by atoms with Gasteiger partial charge in [0.25, 0.3) is 0 Å². The number of esters is 4. The molecule has 0 radical (unpaired) electrons. The fourth-order valence-corrected chi connectivity index (χ4v) is 7.95. The highest BCUT2D eigenvalue weighted by atomic mass is 16.6. The minimum atomic E-state index is -1.26. The number of nitrogens with one attached hydrogen (secondary N) is 1. The molecule has 386 valence electrons. The SMILES string of the molecule is CCCCCCCCCCCCCCCCCC(=O)OCC(COC(=O)[C@H](CCC(=O)OCc1ccccc1)NC(=O)OC(C)(C)C)OC(=O)CCCCCCCCCCCCCCCCC. The van der Waals surface area contributed by atoms with Crippen molar-refractivity contribution in [2.45, 2.75) is 277 Å². The molecule has 0 aliphatic carbocycles. The summed E-state index contributed by atoms with van der Waals surface area (Å²) < 4.78 is 27.6. The maximum atomic E-state index is 13.5. The molecule has 0 heterocycles. The number of unbranched alkanes of at least 4 members (excludes halogenated alkanes) is 28. The summed E-state index contributed by atoms with van der Waals surface area (Å²) in [5.41, 5.74) is -0.0236. The van der Waals surface area contributed by atoms with Gasteiger partial charge < -0.3 is 29.0 Å². The van der Waals surface area contributed by atoms with Crippen molar-refractivity contribution in [2.75, 3.05) is 13.2 Å². The molecule has 0 aromatic heterocycles. The smallest absolute Gasteiger partial charge is 0.408 e. The van der Waals surface area contributed by atoms with Crippen LogP contribution in [0.2, 0.25) is 0 Å². The standard InChI is InChI=1S/C56H97NO10/c1-6-8-10-12-14-16-18-20-22-24-26-28-30-32-37-41-51(58)64-46-49(66-53(60)42-38-33-31-29-27-25-23-21-19-17-15-13-11-9-7-2)47-65-54(61)50(57-55(62)67-56(3,4)5)43-44-52(59)63-45-48-39-35-34-36-40-48/h34-36,39-40,49-50H,6-33,37-38,41-47H2,1-5H3,(H,57,62)/t49?,50-/m0/s1. The summed E-state index contributed by atoms with van der Waals surface area (Å²) in [5.74, 6) is -2.27. The minimum Gasteiger partial charge on any atom is -0.462 e. The largest absolute Gasteiger partial charge is 0.462 e. The lowest BCUT2D eigenvalue weighted by molar-refractivity contribution is -0.167. The zero-order valence-corrected chi connectivity index (χ0v) is 43.3. The van der Waals surface area contributed by atoms with Crippen LogP contribution in [0.15, 0.2) is 30.3 Å². The third-order valence-electron chi connectivity index (χ3n) is 12.0. The topological polar surface area (TPSA) is 144 Å². The summed E-state index contributed by atoms with van der Waals surface area (Å²) in [4.78, 5) is 64.7. The lowest BCUT2D eigenvalue weighted by Crippen LogP contribution is -2.45. The Hall–Kier alpha value is -3.63. The molecule has 67 heavy (non-hydrogen) atoms. The minimum absolute atomic E-state index is 0.0683. The Bertz CT molecular complexity index is 1380. The van der Waals surface area contributed by atoms with Crippen molar-refractivity contribution < 1.29 is 47.7 Å². The first-order valence-electron chi connectivity index (χ1n) is 27.1. The van der Waals surface area contributed by atoms with Crippen LogP contribution in [-0.4, -0.2) is 60.9 Å². The molecule has 1 aromatic carbocycles. The molecule has 0 saturated carbocycles. The van der Waals surface area contributed by atoms with Gasteiger partial charge in [0.1, 0.15) is 31.5 Å². The Balaban J connectivity index is 2.63. The van der Waals surface area contributed by atoms with E-state index in [1.807, 2.05) is 30.3 Å². The second-order valence-corrected chi connectivity index (χ2v) is 19.7. The van der Waals surface area contributed by atoms with E-state index >= 15 is 0 Å². The molecule has 0 bridgehead atoms. The van der Waals surface area contributed by atoms with Crippen LogP contribution < -0.4 is 5.32 Å². The molecule has 0 spiro atoms. The number of hydrogen-bond donors (Lipinski definition) is 1. The molecule has 1 N–H and O–H groups in total. The molecular weight excluding hydrogens is 847 g/mol. The molecule has 0 fully saturated rings. The maximum Gasteiger partial charge on any atom is 0.408 e. The number of amides is 1. The van der Waals surface area contributed by atoms with Crippen molar-refractivity contribution in [1.82, 2.24) is 5.32 Å². The molecule has 0 saturated heterocycles. The summed E-state index contributed by atoms with van der Waals surface area (Å²) in [5, 5.41) is 2.51. The molecular formula is C56H97NO10. The highest BCUT2D eigenvalue weighted by molar-refractivity contribution is 5.82. The average Bonchev–Trinajstić information content (AvgIpc) is 3.30. The number of alkyl carbamates (subject to hydrolysis) is 1. The van der Waals surface area contributed by atoms with Crippen molar-refractivity contribution in [3.63, 3.8) is 0 Å². The van der Waals surface area contributed by atoms with E-state index in [1.165, 1.54) is 141 Å². The predicted molar refractivity (Wildman–Crippen MR) is 270 cm³/mol. The van der Waals surface area contributed by atoms with Gasteiger partial charge in [0.15, 0.2) is 6.10 Å². The molecule has 0 aliphatic rings. The quantitative estimate of drug-likeness (QED) is 0.0381. The number of carbonyl (C=O) groups is 5. The van der Waals surface area contributed by atoms with Crippen LogP contribution in [0.25, 0.3) is 0 Å². The Kier molecular flexibility index (Phi) is 38.9. The summed E-state index contributed by atoms with van der Waals surface area (Å²) >= 11 is 0. The highest BCUT2D eigenvalue weighted by Crippen LogP contribution is 2.17. The fourth-order valence-electron chi connectivity index (χ4n) is 7.95. The van der Waals surface area contributed by atoms with Gasteiger partial charge in [-0.2, -0.15) is 0 Å². The van der Waals surface area contributed by atoms with Gasteiger partial charge in [-0.15, -0.1) is 0 Å². The molecule has 1 rings (SSSR count). The van der Waals surface area contributed by atoms with Crippen molar-refractivity contribution in [3.8, 4) is 0 Å². The van der Waals surface area contributed by atoms with Crippen LogP contribution in [0.5, 0.6) is 0 Å².